The summed E-state index contributed by atoms with van der Waals surface area (Å²) in [6.45, 7) is 0.968. The molecule has 0 aromatic heterocycles. The Balaban J connectivity index is 1.68. The van der Waals surface area contributed by atoms with E-state index in [0.717, 1.165) is 62.6 Å². The first kappa shape index (κ1) is 36.7. The quantitative estimate of drug-likeness (QED) is 0.151. The summed E-state index contributed by atoms with van der Waals surface area (Å²) in [6, 6.07) is 18.7. The van der Waals surface area contributed by atoms with Gasteiger partial charge < -0.3 is 4.74 Å². The average molecular weight is 763 g/mol. The van der Waals surface area contributed by atoms with Crippen LogP contribution in [0.25, 0.3) is 0 Å². The molecular formula is C35H36F6O6S3. The van der Waals surface area contributed by atoms with Crippen molar-refractivity contribution in [2.75, 3.05) is 0 Å². The second-order valence-corrected chi connectivity index (χ2v) is 22.2. The van der Waals surface area contributed by atoms with Crippen LogP contribution in [0.1, 0.15) is 51.9 Å². The molecule has 4 aliphatic carbocycles. The molecule has 7 rings (SSSR count). The molecule has 50 heavy (non-hydrogen) atoms. The van der Waals surface area contributed by atoms with Gasteiger partial charge in [-0.25, -0.2) is 16.8 Å². The zero-order valence-electron chi connectivity index (χ0n) is 26.9. The molecule has 1 unspecified atom stereocenters. The maximum atomic E-state index is 15.2. The van der Waals surface area contributed by atoms with Crippen LogP contribution in [0.2, 0.25) is 0 Å². The highest BCUT2D eigenvalue weighted by Crippen LogP contribution is 2.81. The highest BCUT2D eigenvalue weighted by Gasteiger charge is 2.79. The Morgan fingerprint density at radius 1 is 0.660 bits per heavy atom. The zero-order valence-corrected chi connectivity index (χ0v) is 29.3. The number of hydrogen-bond donors (Lipinski definition) is 0. The standard InChI is InChI=1S/C35H36F6O6S3/c1-24(47-31(42)32-21-25-17-26(22-32)19-27(18-25)23-32)20-33(49(43,44)34(36,37)38,50(45,46)35(39,40)41)48(28-11-5-2-6-12-28,29-13-7-3-8-14-29)30-15-9-4-10-16-30/h2-16,24-27H,17-23H2,1H3. The fourth-order valence-electron chi connectivity index (χ4n) is 9.05. The Hall–Kier alpha value is -3.04. The first-order chi connectivity index (χ1) is 23.3. The molecule has 0 aliphatic heterocycles. The minimum atomic E-state index is -7.38. The molecule has 3 aromatic carbocycles. The van der Waals surface area contributed by atoms with Crippen molar-refractivity contribution in [1.82, 2.24) is 0 Å². The van der Waals surface area contributed by atoms with E-state index >= 15 is 26.3 Å². The molecular weight excluding hydrogens is 727 g/mol. The van der Waals surface area contributed by atoms with Crippen molar-refractivity contribution in [2.45, 2.75) is 87.1 Å². The number of sulfone groups is 2. The monoisotopic (exact) mass is 762 g/mol. The molecule has 6 nitrogen and oxygen atoms in total. The molecule has 0 N–H and O–H groups in total. The largest absolute Gasteiger partial charge is 0.499 e. The second kappa shape index (κ2) is 12.6. The topological polar surface area (TPSA) is 94.6 Å². The summed E-state index contributed by atoms with van der Waals surface area (Å²) in [5.41, 5.74) is -14.0. The second-order valence-electron chi connectivity index (χ2n) is 13.8. The number of benzene rings is 3. The Morgan fingerprint density at radius 3 is 1.28 bits per heavy atom. The summed E-state index contributed by atoms with van der Waals surface area (Å²) in [6.07, 6.45) is 0.164. The number of carbonyl (C=O) groups excluding carboxylic acids is 1. The van der Waals surface area contributed by atoms with Crippen LogP contribution in [0.5, 0.6) is 0 Å². The number of rotatable bonds is 10. The zero-order chi connectivity index (χ0) is 36.4. The lowest BCUT2D eigenvalue weighted by Crippen LogP contribution is -2.60. The minimum absolute atomic E-state index is 0.214. The predicted molar refractivity (Wildman–Crippen MR) is 175 cm³/mol. The van der Waals surface area contributed by atoms with Crippen LogP contribution in [0.15, 0.2) is 106 Å². The van der Waals surface area contributed by atoms with Gasteiger partial charge in [0, 0.05) is 21.1 Å². The van der Waals surface area contributed by atoms with Crippen LogP contribution >= 0.6 is 10.0 Å². The highest BCUT2D eigenvalue weighted by atomic mass is 32.3. The van der Waals surface area contributed by atoms with Gasteiger partial charge in [0.25, 0.3) is 19.7 Å². The van der Waals surface area contributed by atoms with E-state index in [1.165, 1.54) is 54.6 Å². The Morgan fingerprint density at radius 2 is 0.980 bits per heavy atom. The lowest BCUT2D eigenvalue weighted by molar-refractivity contribution is -0.176. The summed E-state index contributed by atoms with van der Waals surface area (Å²) >= 11 is 0. The van der Waals surface area contributed by atoms with E-state index in [2.05, 4.69) is 0 Å². The lowest BCUT2D eigenvalue weighted by atomic mass is 9.49. The molecule has 0 spiro atoms. The molecule has 0 heterocycles. The first-order valence-corrected chi connectivity index (χ1v) is 20.7. The van der Waals surface area contributed by atoms with Crippen molar-refractivity contribution in [3.05, 3.63) is 91.0 Å². The third-order valence-corrected chi connectivity index (χ3v) is 21.9. The van der Waals surface area contributed by atoms with Crippen LogP contribution < -0.4 is 0 Å². The van der Waals surface area contributed by atoms with E-state index in [1.807, 2.05) is 0 Å². The van der Waals surface area contributed by atoms with Crippen LogP contribution in [0.3, 0.4) is 0 Å². The minimum Gasteiger partial charge on any atom is -0.462 e. The maximum Gasteiger partial charge on any atom is 0.499 e. The lowest BCUT2D eigenvalue weighted by Gasteiger charge is -2.56. The molecule has 4 bridgehead atoms. The summed E-state index contributed by atoms with van der Waals surface area (Å²) in [7, 11) is -19.5. The van der Waals surface area contributed by atoms with E-state index in [9.17, 15) is 21.6 Å². The Bertz CT molecular complexity index is 1760. The van der Waals surface area contributed by atoms with Gasteiger partial charge in [0.05, 0.1) is 5.41 Å². The number of carbonyl (C=O) groups is 1. The molecule has 4 aliphatic rings. The molecule has 0 saturated heterocycles. The van der Waals surface area contributed by atoms with Gasteiger partial charge in [-0.15, -0.1) is 10.0 Å². The smallest absolute Gasteiger partial charge is 0.462 e. The van der Waals surface area contributed by atoms with Gasteiger partial charge in [-0.1, -0.05) is 54.6 Å². The molecule has 4 fully saturated rings. The van der Waals surface area contributed by atoms with Crippen molar-refractivity contribution in [3.63, 3.8) is 0 Å². The van der Waals surface area contributed by atoms with Crippen LogP contribution in [0, 0.1) is 23.2 Å². The van der Waals surface area contributed by atoms with Crippen LogP contribution in [-0.4, -0.2) is 43.3 Å². The van der Waals surface area contributed by atoms with Gasteiger partial charge in [-0.2, -0.15) is 26.3 Å². The van der Waals surface area contributed by atoms with Crippen LogP contribution in [-0.2, 0) is 29.2 Å². The van der Waals surface area contributed by atoms with Gasteiger partial charge in [-0.3, -0.25) is 4.79 Å². The summed E-state index contributed by atoms with van der Waals surface area (Å²) in [5.74, 6) is -0.214. The number of halogens is 6. The van der Waals surface area contributed by atoms with Crippen molar-refractivity contribution in [1.29, 1.82) is 0 Å². The van der Waals surface area contributed by atoms with Gasteiger partial charge in [-0.05, 0) is 99.6 Å². The molecule has 15 heteroatoms. The SMILES string of the molecule is CC(CC(S(c1ccccc1)(c1ccccc1)c1ccccc1)(S(=O)(=O)C(F)(F)F)S(=O)(=O)C(F)(F)F)OC(=O)C12CC3CC(CC(C3)C1)C2. The predicted octanol–water partition coefficient (Wildman–Crippen LogP) is 9.03. The first-order valence-electron chi connectivity index (χ1n) is 16.1. The Labute approximate surface area is 288 Å². The average Bonchev–Trinajstić information content (AvgIpc) is 3.04. The molecule has 1 atom stereocenters. The van der Waals surface area contributed by atoms with Gasteiger partial charge >= 0.3 is 17.0 Å². The number of alkyl halides is 6. The van der Waals surface area contributed by atoms with Gasteiger partial charge in [0.2, 0.25) is 3.41 Å². The summed E-state index contributed by atoms with van der Waals surface area (Å²) in [4.78, 5) is 12.8. The van der Waals surface area contributed by atoms with Gasteiger partial charge in [0.1, 0.15) is 6.10 Å². The van der Waals surface area contributed by atoms with E-state index in [-0.39, 0.29) is 17.8 Å². The normalized spacial score (nSPS) is 25.2. The summed E-state index contributed by atoms with van der Waals surface area (Å²) in [5, 5.41) is 0. The van der Waals surface area contributed by atoms with E-state index in [0.29, 0.717) is 19.3 Å². The van der Waals surface area contributed by atoms with Crippen molar-refractivity contribution in [2.24, 2.45) is 23.2 Å². The third kappa shape index (κ3) is 5.48. The van der Waals surface area contributed by atoms with E-state index < -0.39 is 82.7 Å². The number of ether oxygens (including phenoxy) is 1. The highest BCUT2D eigenvalue weighted by molar-refractivity contribution is 8.47. The molecule has 0 radical (unpaired) electrons. The maximum absolute atomic E-state index is 15.2. The fourth-order valence-corrected chi connectivity index (χ4v) is 21.4. The van der Waals surface area contributed by atoms with Crippen molar-refractivity contribution >= 4 is 35.7 Å². The fraction of sp³-hybridized carbons (Fsp3) is 0.457. The van der Waals surface area contributed by atoms with E-state index in [4.69, 9.17) is 4.74 Å². The molecule has 272 valence electrons. The number of esters is 1. The van der Waals surface area contributed by atoms with E-state index in [1.54, 1.807) is 0 Å². The molecule has 0 amide bonds. The van der Waals surface area contributed by atoms with Crippen molar-refractivity contribution in [3.8, 4) is 0 Å². The van der Waals surface area contributed by atoms with Crippen molar-refractivity contribution < 1.29 is 52.7 Å². The molecule has 3 aromatic rings. The van der Waals surface area contributed by atoms with Crippen LogP contribution in [0.4, 0.5) is 26.3 Å². The molecule has 4 saturated carbocycles. The van der Waals surface area contributed by atoms with Gasteiger partial charge in [0.15, 0.2) is 0 Å². The summed E-state index contributed by atoms with van der Waals surface area (Å²) < 4.78 is 150. The third-order valence-electron chi connectivity index (χ3n) is 10.5. The number of hydrogen-bond acceptors (Lipinski definition) is 6. The Kier molecular flexibility index (Phi) is 9.24.